The molecule has 1 aromatic carbocycles. The van der Waals surface area contributed by atoms with E-state index in [0.29, 0.717) is 0 Å². The zero-order valence-corrected chi connectivity index (χ0v) is 12.0. The molecule has 0 saturated carbocycles. The summed E-state index contributed by atoms with van der Waals surface area (Å²) >= 11 is 0. The molecule has 0 aliphatic heterocycles. The first-order valence-electron chi connectivity index (χ1n) is 6.80. The summed E-state index contributed by atoms with van der Waals surface area (Å²) in [6, 6.07) is 10.8. The van der Waals surface area contributed by atoms with E-state index in [1.54, 1.807) is 0 Å². The van der Waals surface area contributed by atoms with Gasteiger partial charge in [0.2, 0.25) is 0 Å². The van der Waals surface area contributed by atoms with Gasteiger partial charge in [0.15, 0.2) is 0 Å². The zero-order chi connectivity index (χ0) is 12.9. The largest absolute Gasteiger partial charge is 0.366 e. The van der Waals surface area contributed by atoms with E-state index in [-0.39, 0.29) is 5.54 Å². The summed E-state index contributed by atoms with van der Waals surface area (Å²) < 4.78 is 0. The van der Waals surface area contributed by atoms with Crippen LogP contribution in [0.1, 0.15) is 47.5 Å². The lowest BCUT2D eigenvalue weighted by Crippen LogP contribution is -2.45. The number of para-hydroxylation sites is 1. The van der Waals surface area contributed by atoms with Gasteiger partial charge >= 0.3 is 0 Å². The van der Waals surface area contributed by atoms with Crippen molar-refractivity contribution in [1.82, 2.24) is 0 Å². The van der Waals surface area contributed by atoms with Gasteiger partial charge in [-0.25, -0.2) is 0 Å². The molecule has 0 aromatic heterocycles. The van der Waals surface area contributed by atoms with Gasteiger partial charge in [0.05, 0.1) is 0 Å². The number of anilines is 1. The van der Waals surface area contributed by atoms with Gasteiger partial charge in [0.25, 0.3) is 0 Å². The molecule has 1 heteroatoms. The summed E-state index contributed by atoms with van der Waals surface area (Å²) in [5, 5.41) is 0. The second-order valence-corrected chi connectivity index (χ2v) is 5.90. The third-order valence-corrected chi connectivity index (χ3v) is 3.15. The van der Waals surface area contributed by atoms with Crippen molar-refractivity contribution in [2.45, 2.75) is 53.0 Å². The molecule has 0 heterocycles. The van der Waals surface area contributed by atoms with Gasteiger partial charge in [-0.3, -0.25) is 0 Å². The van der Waals surface area contributed by atoms with Crippen LogP contribution in [-0.2, 0) is 0 Å². The summed E-state index contributed by atoms with van der Waals surface area (Å²) in [6.45, 7) is 12.7. The van der Waals surface area contributed by atoms with E-state index in [2.05, 4.69) is 69.9 Å². The number of hydrogen-bond donors (Lipinski definition) is 0. The summed E-state index contributed by atoms with van der Waals surface area (Å²) in [4.78, 5) is 2.55. The predicted octanol–water partition coefficient (Wildman–Crippen LogP) is 4.73. The van der Waals surface area contributed by atoms with E-state index < -0.39 is 0 Å². The Morgan fingerprint density at radius 2 is 1.71 bits per heavy atom. The smallest absolute Gasteiger partial charge is 0.0370 e. The third kappa shape index (κ3) is 4.07. The Balaban J connectivity index is 2.92. The molecular formula is C16H27N. The molecule has 0 aliphatic carbocycles. The van der Waals surface area contributed by atoms with Crippen molar-refractivity contribution in [3.63, 3.8) is 0 Å². The van der Waals surface area contributed by atoms with Crippen molar-refractivity contribution in [3.05, 3.63) is 30.3 Å². The van der Waals surface area contributed by atoms with Crippen LogP contribution in [-0.4, -0.2) is 12.1 Å². The van der Waals surface area contributed by atoms with Crippen LogP contribution in [0.5, 0.6) is 0 Å². The number of nitrogens with zero attached hydrogens (tertiary/aromatic N) is 1. The van der Waals surface area contributed by atoms with Crippen LogP contribution in [0.4, 0.5) is 5.69 Å². The highest BCUT2D eigenvalue weighted by Crippen LogP contribution is 2.29. The van der Waals surface area contributed by atoms with Crippen molar-refractivity contribution in [3.8, 4) is 0 Å². The van der Waals surface area contributed by atoms with E-state index in [0.717, 1.165) is 12.5 Å². The predicted molar refractivity (Wildman–Crippen MR) is 77.6 cm³/mol. The molecule has 0 N–H and O–H groups in total. The average molecular weight is 233 g/mol. The van der Waals surface area contributed by atoms with Crippen molar-refractivity contribution in [1.29, 1.82) is 0 Å². The van der Waals surface area contributed by atoms with Gasteiger partial charge in [-0.1, -0.05) is 39.0 Å². The minimum atomic E-state index is 0.228. The highest BCUT2D eigenvalue weighted by molar-refractivity contribution is 5.48. The first-order chi connectivity index (χ1) is 7.97. The maximum atomic E-state index is 2.55. The monoisotopic (exact) mass is 233 g/mol. The van der Waals surface area contributed by atoms with Gasteiger partial charge in [0, 0.05) is 17.8 Å². The lowest BCUT2D eigenvalue weighted by Gasteiger charge is -2.41. The van der Waals surface area contributed by atoms with Crippen LogP contribution in [0, 0.1) is 5.92 Å². The van der Waals surface area contributed by atoms with Crippen LogP contribution in [0.3, 0.4) is 0 Å². The first kappa shape index (κ1) is 14.1. The van der Waals surface area contributed by atoms with Crippen LogP contribution in [0.15, 0.2) is 30.3 Å². The third-order valence-electron chi connectivity index (χ3n) is 3.15. The van der Waals surface area contributed by atoms with Gasteiger partial charge in [-0.05, 0) is 44.7 Å². The molecule has 1 nitrogen and oxygen atoms in total. The summed E-state index contributed by atoms with van der Waals surface area (Å²) in [6.07, 6.45) is 2.41. The molecule has 96 valence electrons. The van der Waals surface area contributed by atoms with E-state index in [9.17, 15) is 0 Å². The normalized spacial score (nSPS) is 11.9. The Bertz CT molecular complexity index is 314. The SMILES string of the molecule is CCCN(c1ccccc1)C(C)(C)CC(C)C. The molecule has 1 rings (SSSR count). The molecule has 1 aromatic rings. The Labute approximate surface area is 107 Å². The Kier molecular flexibility index (Phi) is 5.04. The fourth-order valence-electron chi connectivity index (χ4n) is 2.72. The standard InChI is InChI=1S/C16H27N/c1-6-12-17(15-10-8-7-9-11-15)16(4,5)13-14(2)3/h7-11,14H,6,12-13H2,1-5H3. The molecule has 0 spiro atoms. The van der Waals surface area contributed by atoms with Gasteiger partial charge in [-0.15, -0.1) is 0 Å². The number of benzene rings is 1. The Morgan fingerprint density at radius 1 is 1.12 bits per heavy atom. The second-order valence-electron chi connectivity index (χ2n) is 5.90. The van der Waals surface area contributed by atoms with Crippen LogP contribution in [0.2, 0.25) is 0 Å². The maximum absolute atomic E-state index is 2.55. The minimum absolute atomic E-state index is 0.228. The van der Waals surface area contributed by atoms with Crippen molar-refractivity contribution in [2.24, 2.45) is 5.92 Å². The van der Waals surface area contributed by atoms with E-state index >= 15 is 0 Å². The summed E-state index contributed by atoms with van der Waals surface area (Å²) in [5.74, 6) is 0.730. The molecule has 0 radical (unpaired) electrons. The Morgan fingerprint density at radius 3 is 2.18 bits per heavy atom. The summed E-state index contributed by atoms with van der Waals surface area (Å²) in [7, 11) is 0. The lowest BCUT2D eigenvalue weighted by atomic mass is 9.90. The molecule has 0 unspecified atom stereocenters. The molecule has 0 amide bonds. The molecule has 0 atom stereocenters. The number of rotatable bonds is 6. The summed E-state index contributed by atoms with van der Waals surface area (Å²) in [5.41, 5.74) is 1.57. The molecule has 0 bridgehead atoms. The van der Waals surface area contributed by atoms with Crippen molar-refractivity contribution >= 4 is 5.69 Å². The molecule has 17 heavy (non-hydrogen) atoms. The quantitative estimate of drug-likeness (QED) is 0.686. The van der Waals surface area contributed by atoms with E-state index in [1.165, 1.54) is 18.5 Å². The highest BCUT2D eigenvalue weighted by Gasteiger charge is 2.27. The second kappa shape index (κ2) is 6.09. The van der Waals surface area contributed by atoms with Crippen molar-refractivity contribution in [2.75, 3.05) is 11.4 Å². The minimum Gasteiger partial charge on any atom is -0.366 e. The van der Waals surface area contributed by atoms with Gasteiger partial charge < -0.3 is 4.90 Å². The van der Waals surface area contributed by atoms with Crippen LogP contribution in [0.25, 0.3) is 0 Å². The Hall–Kier alpha value is -0.980. The van der Waals surface area contributed by atoms with Crippen LogP contribution < -0.4 is 4.90 Å². The lowest BCUT2D eigenvalue weighted by molar-refractivity contribution is 0.367. The van der Waals surface area contributed by atoms with E-state index in [4.69, 9.17) is 0 Å². The zero-order valence-electron chi connectivity index (χ0n) is 12.0. The molecule has 0 fully saturated rings. The first-order valence-corrected chi connectivity index (χ1v) is 6.80. The van der Waals surface area contributed by atoms with E-state index in [1.807, 2.05) is 0 Å². The van der Waals surface area contributed by atoms with Crippen molar-refractivity contribution < 1.29 is 0 Å². The van der Waals surface area contributed by atoms with Gasteiger partial charge in [-0.2, -0.15) is 0 Å². The molecular weight excluding hydrogens is 206 g/mol. The fourth-order valence-corrected chi connectivity index (χ4v) is 2.72. The van der Waals surface area contributed by atoms with Gasteiger partial charge in [0.1, 0.15) is 0 Å². The fraction of sp³-hybridized carbons (Fsp3) is 0.625. The topological polar surface area (TPSA) is 3.24 Å². The molecule has 0 saturated heterocycles. The maximum Gasteiger partial charge on any atom is 0.0370 e. The average Bonchev–Trinajstić information content (AvgIpc) is 2.25. The highest BCUT2D eigenvalue weighted by atomic mass is 15.2. The van der Waals surface area contributed by atoms with Crippen LogP contribution >= 0.6 is 0 Å². The molecule has 0 aliphatic rings. The number of hydrogen-bond acceptors (Lipinski definition) is 1.